The van der Waals surface area contributed by atoms with Crippen LogP contribution in [0.15, 0.2) is 54.1 Å². The summed E-state index contributed by atoms with van der Waals surface area (Å²) in [5.41, 5.74) is 5.27. The fourth-order valence-corrected chi connectivity index (χ4v) is 4.98. The third-order valence-corrected chi connectivity index (χ3v) is 6.89. The molecule has 2 aromatic carbocycles. The monoisotopic (exact) mass is 448 g/mol. The van der Waals surface area contributed by atoms with Crippen molar-refractivity contribution < 1.29 is 9.18 Å². The fourth-order valence-electron chi connectivity index (χ4n) is 4.98. The molecule has 1 aliphatic rings. The summed E-state index contributed by atoms with van der Waals surface area (Å²) in [7, 11) is 0. The number of H-pyrrole nitrogens is 1. The maximum absolute atomic E-state index is 13.1. The summed E-state index contributed by atoms with van der Waals surface area (Å²) in [5, 5.41) is 5.78. The van der Waals surface area contributed by atoms with Crippen LogP contribution in [0.2, 0.25) is 0 Å². The Hall–Kier alpha value is -3.15. The predicted octanol–water partition coefficient (Wildman–Crippen LogP) is 6.23. The van der Waals surface area contributed by atoms with Gasteiger partial charge in [-0.25, -0.2) is 14.2 Å². The summed E-state index contributed by atoms with van der Waals surface area (Å²) in [4.78, 5) is 20.7. The average molecular weight is 449 g/mol. The molecule has 0 spiro atoms. The lowest BCUT2D eigenvalue weighted by atomic mass is 9.70. The lowest BCUT2D eigenvalue weighted by Crippen LogP contribution is -2.38. The van der Waals surface area contributed by atoms with E-state index < -0.39 is 0 Å². The molecule has 33 heavy (non-hydrogen) atoms. The molecule has 0 saturated heterocycles. The van der Waals surface area contributed by atoms with Crippen molar-refractivity contribution in [3.63, 3.8) is 0 Å². The average Bonchev–Trinajstić information content (AvgIpc) is 3.19. The summed E-state index contributed by atoms with van der Waals surface area (Å²) in [6.07, 6.45) is 4.30. The van der Waals surface area contributed by atoms with E-state index in [0.717, 1.165) is 29.7 Å². The lowest BCUT2D eigenvalue weighted by Gasteiger charge is -2.37. The topological polar surface area (TPSA) is 69.8 Å². The van der Waals surface area contributed by atoms with Crippen LogP contribution in [-0.4, -0.2) is 22.5 Å². The van der Waals surface area contributed by atoms with Gasteiger partial charge in [0.2, 0.25) is 0 Å². The Morgan fingerprint density at radius 2 is 1.94 bits per heavy atom. The summed E-state index contributed by atoms with van der Waals surface area (Å²) in [6.45, 7) is 9.38. The van der Waals surface area contributed by atoms with Crippen LogP contribution in [0.3, 0.4) is 0 Å². The van der Waals surface area contributed by atoms with Crippen molar-refractivity contribution in [1.82, 2.24) is 15.3 Å². The van der Waals surface area contributed by atoms with Crippen LogP contribution in [0.25, 0.3) is 11.0 Å². The smallest absolute Gasteiger partial charge is 0.319 e. The SMILES string of the molecule is CC1=C[C@@H](CNC(=O)Nc2ccc(F)cc2)[C@H](C(C)C)C[C@H]1Cc1nc2c(C)cccc2[nH]1. The molecule has 3 N–H and O–H groups in total. The minimum atomic E-state index is -0.323. The van der Waals surface area contributed by atoms with Gasteiger partial charge in [0.05, 0.1) is 11.0 Å². The van der Waals surface area contributed by atoms with Crippen molar-refractivity contribution in [2.24, 2.45) is 23.7 Å². The van der Waals surface area contributed by atoms with Crippen molar-refractivity contribution in [3.8, 4) is 0 Å². The Morgan fingerprint density at radius 3 is 2.64 bits per heavy atom. The number of carbonyl (C=O) groups is 1. The van der Waals surface area contributed by atoms with Crippen molar-refractivity contribution in [2.75, 3.05) is 11.9 Å². The number of rotatable bonds is 6. The van der Waals surface area contributed by atoms with Gasteiger partial charge >= 0.3 is 6.03 Å². The predicted molar refractivity (Wildman–Crippen MR) is 132 cm³/mol. The van der Waals surface area contributed by atoms with Gasteiger partial charge in [0, 0.05) is 18.7 Å². The van der Waals surface area contributed by atoms with E-state index in [1.54, 1.807) is 12.1 Å². The third kappa shape index (κ3) is 5.44. The van der Waals surface area contributed by atoms with Crippen LogP contribution >= 0.6 is 0 Å². The molecule has 174 valence electrons. The highest BCUT2D eigenvalue weighted by Crippen LogP contribution is 2.38. The first-order valence-corrected chi connectivity index (χ1v) is 11.7. The normalized spacial score (nSPS) is 20.7. The van der Waals surface area contributed by atoms with E-state index in [2.05, 4.69) is 67.6 Å². The van der Waals surface area contributed by atoms with E-state index in [1.807, 2.05) is 0 Å². The van der Waals surface area contributed by atoms with Gasteiger partial charge in [-0.3, -0.25) is 0 Å². The standard InChI is InChI=1S/C27H33FN4O/c1-16(2)23-13-19(14-25-31-24-7-5-6-17(3)26(24)32-25)18(4)12-20(23)15-29-27(33)30-22-10-8-21(28)9-11-22/h5-12,16,19-20,23H,13-15H2,1-4H3,(H,31,32)(H2,29,30,33)/t19-,20-,23-/m0/s1. The van der Waals surface area contributed by atoms with E-state index in [1.165, 1.54) is 23.3 Å². The zero-order chi connectivity index (χ0) is 23.5. The number of hydrogen-bond donors (Lipinski definition) is 3. The molecule has 1 aromatic heterocycles. The number of hydrogen-bond acceptors (Lipinski definition) is 2. The second kappa shape index (κ2) is 9.77. The second-order valence-electron chi connectivity index (χ2n) is 9.62. The zero-order valence-electron chi connectivity index (χ0n) is 19.8. The van der Waals surface area contributed by atoms with E-state index in [9.17, 15) is 9.18 Å². The summed E-state index contributed by atoms with van der Waals surface area (Å²) in [5.74, 6) is 2.39. The Kier molecular flexibility index (Phi) is 6.82. The van der Waals surface area contributed by atoms with Crippen LogP contribution in [-0.2, 0) is 6.42 Å². The first-order valence-electron chi connectivity index (χ1n) is 11.7. The number of fused-ring (bicyclic) bond motifs is 1. The van der Waals surface area contributed by atoms with Crippen LogP contribution in [0, 0.1) is 36.4 Å². The van der Waals surface area contributed by atoms with Crippen molar-refractivity contribution in [3.05, 3.63) is 71.3 Å². The molecule has 6 heteroatoms. The molecule has 0 radical (unpaired) electrons. The third-order valence-electron chi connectivity index (χ3n) is 6.89. The van der Waals surface area contributed by atoms with E-state index >= 15 is 0 Å². The molecule has 0 bridgehead atoms. The largest absolute Gasteiger partial charge is 0.342 e. The number of aromatic amines is 1. The molecule has 0 saturated carbocycles. The van der Waals surface area contributed by atoms with Gasteiger partial charge in [-0.2, -0.15) is 0 Å². The van der Waals surface area contributed by atoms with Gasteiger partial charge in [0.1, 0.15) is 11.6 Å². The number of aryl methyl sites for hydroxylation is 1. The van der Waals surface area contributed by atoms with Crippen LogP contribution in [0.4, 0.5) is 14.9 Å². The number of carbonyl (C=O) groups excluding carboxylic acids is 1. The van der Waals surface area contributed by atoms with E-state index in [0.29, 0.717) is 30.0 Å². The minimum Gasteiger partial charge on any atom is -0.342 e. The Morgan fingerprint density at radius 1 is 1.18 bits per heavy atom. The molecule has 3 aromatic rings. The molecule has 4 rings (SSSR count). The van der Waals surface area contributed by atoms with Crippen LogP contribution in [0.1, 0.15) is 38.6 Å². The molecule has 2 amide bonds. The van der Waals surface area contributed by atoms with E-state index in [-0.39, 0.29) is 17.8 Å². The van der Waals surface area contributed by atoms with Gasteiger partial charge in [0.15, 0.2) is 0 Å². The Bertz CT molecular complexity index is 1150. The molecular formula is C27H33FN4O. The highest BCUT2D eigenvalue weighted by atomic mass is 19.1. The number of aromatic nitrogens is 2. The maximum atomic E-state index is 13.1. The number of anilines is 1. The molecule has 0 unspecified atom stereocenters. The number of allylic oxidation sites excluding steroid dienone is 1. The maximum Gasteiger partial charge on any atom is 0.319 e. The van der Waals surface area contributed by atoms with Gasteiger partial charge < -0.3 is 15.6 Å². The summed E-state index contributed by atoms with van der Waals surface area (Å²) in [6, 6.07) is 11.7. The molecule has 3 atom stereocenters. The highest BCUT2D eigenvalue weighted by molar-refractivity contribution is 5.89. The molecule has 0 fully saturated rings. The Labute approximate surface area is 194 Å². The van der Waals surface area contributed by atoms with Gasteiger partial charge in [-0.1, -0.05) is 37.6 Å². The first-order chi connectivity index (χ1) is 15.8. The van der Waals surface area contributed by atoms with Gasteiger partial charge in [-0.05, 0) is 79.8 Å². The Balaban J connectivity index is 1.42. The molecule has 0 aliphatic heterocycles. The fraction of sp³-hybridized carbons (Fsp3) is 0.407. The number of benzene rings is 2. The quantitative estimate of drug-likeness (QED) is 0.391. The first kappa shape index (κ1) is 23.0. The summed E-state index contributed by atoms with van der Waals surface area (Å²) < 4.78 is 13.1. The molecule has 1 heterocycles. The number of halogens is 1. The summed E-state index contributed by atoms with van der Waals surface area (Å²) >= 11 is 0. The van der Waals surface area contributed by atoms with Gasteiger partial charge in [-0.15, -0.1) is 0 Å². The molecular weight excluding hydrogens is 415 g/mol. The van der Waals surface area contributed by atoms with Crippen LogP contribution in [0.5, 0.6) is 0 Å². The minimum absolute atomic E-state index is 0.269. The lowest BCUT2D eigenvalue weighted by molar-refractivity contribution is 0.217. The van der Waals surface area contributed by atoms with Gasteiger partial charge in [0.25, 0.3) is 0 Å². The van der Waals surface area contributed by atoms with Crippen molar-refractivity contribution in [1.29, 1.82) is 0 Å². The van der Waals surface area contributed by atoms with Crippen LogP contribution < -0.4 is 10.6 Å². The number of amides is 2. The number of para-hydroxylation sites is 1. The highest BCUT2D eigenvalue weighted by Gasteiger charge is 2.32. The second-order valence-corrected chi connectivity index (χ2v) is 9.62. The number of imidazole rings is 1. The van der Waals surface area contributed by atoms with Crippen molar-refractivity contribution in [2.45, 2.75) is 40.5 Å². The van der Waals surface area contributed by atoms with E-state index in [4.69, 9.17) is 4.98 Å². The number of nitrogens with one attached hydrogen (secondary N) is 3. The van der Waals surface area contributed by atoms with Crippen molar-refractivity contribution >= 4 is 22.8 Å². The molecule has 5 nitrogen and oxygen atoms in total. The molecule has 1 aliphatic carbocycles. The number of urea groups is 1. The number of nitrogens with zero attached hydrogens (tertiary/aromatic N) is 1. The zero-order valence-corrected chi connectivity index (χ0v) is 19.8.